The number of fused-ring (bicyclic) bond motifs is 1. The van der Waals surface area contributed by atoms with Gasteiger partial charge in [-0.2, -0.15) is 0 Å². The molecule has 56 valence electrons. The SMILES string of the molecule is Cc1ccc2c(c1)C(C)C=C2. The first-order valence-electron chi connectivity index (χ1n) is 4.06. The molecule has 0 aliphatic heterocycles. The van der Waals surface area contributed by atoms with Gasteiger partial charge >= 0.3 is 0 Å². The summed E-state index contributed by atoms with van der Waals surface area (Å²) in [6.07, 6.45) is 4.46. The highest BCUT2D eigenvalue weighted by Gasteiger charge is 2.11. The zero-order valence-electron chi connectivity index (χ0n) is 6.96. The van der Waals surface area contributed by atoms with Gasteiger partial charge in [-0.05, 0) is 24.0 Å². The van der Waals surface area contributed by atoms with Gasteiger partial charge < -0.3 is 0 Å². The lowest BCUT2D eigenvalue weighted by Crippen LogP contribution is -1.87. The third-order valence-corrected chi connectivity index (χ3v) is 2.30. The Balaban J connectivity index is 2.58. The van der Waals surface area contributed by atoms with Crippen LogP contribution >= 0.6 is 0 Å². The molecule has 2 rings (SSSR count). The second-order valence-corrected chi connectivity index (χ2v) is 3.28. The van der Waals surface area contributed by atoms with Crippen molar-refractivity contribution in [3.8, 4) is 0 Å². The Bertz CT molecular complexity index is 308. The molecule has 0 heteroatoms. The van der Waals surface area contributed by atoms with E-state index >= 15 is 0 Å². The smallest absolute Gasteiger partial charge is 0.000108 e. The van der Waals surface area contributed by atoms with E-state index in [4.69, 9.17) is 0 Å². The van der Waals surface area contributed by atoms with E-state index in [1.165, 1.54) is 16.7 Å². The Morgan fingerprint density at radius 2 is 2.09 bits per heavy atom. The van der Waals surface area contributed by atoms with Gasteiger partial charge in [0.05, 0.1) is 0 Å². The van der Waals surface area contributed by atoms with Crippen LogP contribution in [0.5, 0.6) is 0 Å². The summed E-state index contributed by atoms with van der Waals surface area (Å²) < 4.78 is 0. The van der Waals surface area contributed by atoms with Crippen molar-refractivity contribution in [2.24, 2.45) is 0 Å². The van der Waals surface area contributed by atoms with Crippen LogP contribution in [-0.2, 0) is 0 Å². The molecule has 0 bridgehead atoms. The molecular formula is C11H12. The molecule has 0 heterocycles. The normalized spacial score (nSPS) is 20.4. The fourth-order valence-corrected chi connectivity index (χ4v) is 1.59. The van der Waals surface area contributed by atoms with Crippen LogP contribution in [0.4, 0.5) is 0 Å². The van der Waals surface area contributed by atoms with Crippen LogP contribution in [0.3, 0.4) is 0 Å². The topological polar surface area (TPSA) is 0 Å². The van der Waals surface area contributed by atoms with Gasteiger partial charge in [-0.25, -0.2) is 0 Å². The summed E-state index contributed by atoms with van der Waals surface area (Å²) in [7, 11) is 0. The predicted molar refractivity (Wildman–Crippen MR) is 48.6 cm³/mol. The van der Waals surface area contributed by atoms with Crippen molar-refractivity contribution in [3.63, 3.8) is 0 Å². The molecule has 0 aromatic heterocycles. The molecule has 0 spiro atoms. The molecule has 11 heavy (non-hydrogen) atoms. The van der Waals surface area contributed by atoms with Gasteiger partial charge in [0.2, 0.25) is 0 Å². The second kappa shape index (κ2) is 2.23. The van der Waals surface area contributed by atoms with Crippen LogP contribution in [0.25, 0.3) is 6.08 Å². The summed E-state index contributed by atoms with van der Waals surface area (Å²) in [5.41, 5.74) is 4.23. The molecule has 0 nitrogen and oxygen atoms in total. The maximum atomic E-state index is 2.28. The first kappa shape index (κ1) is 6.66. The molecule has 1 atom stereocenters. The molecule has 1 aliphatic rings. The van der Waals surface area contributed by atoms with Gasteiger partial charge in [-0.3, -0.25) is 0 Å². The number of hydrogen-bond donors (Lipinski definition) is 0. The molecule has 1 aromatic rings. The van der Waals surface area contributed by atoms with Crippen LogP contribution in [0.15, 0.2) is 24.3 Å². The Kier molecular flexibility index (Phi) is 1.35. The van der Waals surface area contributed by atoms with Crippen LogP contribution in [0, 0.1) is 6.92 Å². The van der Waals surface area contributed by atoms with E-state index in [1.54, 1.807) is 0 Å². The van der Waals surface area contributed by atoms with E-state index < -0.39 is 0 Å². The van der Waals surface area contributed by atoms with Crippen LogP contribution in [0.1, 0.15) is 29.5 Å². The Hall–Kier alpha value is -1.04. The standard InChI is InChI=1S/C11H12/c1-8-3-5-10-6-4-9(2)11(10)7-8/h3-7,9H,1-2H3. The lowest BCUT2D eigenvalue weighted by atomic mass is 10.0. The molecule has 1 unspecified atom stereocenters. The van der Waals surface area contributed by atoms with E-state index in [0.29, 0.717) is 5.92 Å². The van der Waals surface area contributed by atoms with E-state index in [1.807, 2.05) is 0 Å². The predicted octanol–water partition coefficient (Wildman–Crippen LogP) is 3.13. The fraction of sp³-hybridized carbons (Fsp3) is 0.273. The van der Waals surface area contributed by atoms with Gasteiger partial charge in [0.1, 0.15) is 0 Å². The number of aryl methyl sites for hydroxylation is 1. The minimum atomic E-state index is 0.616. The van der Waals surface area contributed by atoms with E-state index in [2.05, 4.69) is 44.2 Å². The molecule has 1 aliphatic carbocycles. The van der Waals surface area contributed by atoms with Gasteiger partial charge in [0.15, 0.2) is 0 Å². The van der Waals surface area contributed by atoms with Crippen molar-refractivity contribution in [2.45, 2.75) is 19.8 Å². The average Bonchev–Trinajstić information content (AvgIpc) is 2.33. The second-order valence-electron chi connectivity index (χ2n) is 3.28. The fourth-order valence-electron chi connectivity index (χ4n) is 1.59. The number of benzene rings is 1. The molecule has 0 N–H and O–H groups in total. The van der Waals surface area contributed by atoms with E-state index in [9.17, 15) is 0 Å². The molecule has 0 saturated carbocycles. The van der Waals surface area contributed by atoms with Crippen molar-refractivity contribution in [1.29, 1.82) is 0 Å². The average molecular weight is 144 g/mol. The Labute approximate surface area is 67.6 Å². The third kappa shape index (κ3) is 0.988. The molecule has 0 amide bonds. The van der Waals surface area contributed by atoms with Crippen molar-refractivity contribution in [2.75, 3.05) is 0 Å². The molecule has 0 fully saturated rings. The van der Waals surface area contributed by atoms with E-state index in [0.717, 1.165) is 0 Å². The van der Waals surface area contributed by atoms with Crippen molar-refractivity contribution in [3.05, 3.63) is 41.0 Å². The Morgan fingerprint density at radius 1 is 1.27 bits per heavy atom. The maximum absolute atomic E-state index is 2.28. The highest BCUT2D eigenvalue weighted by molar-refractivity contribution is 5.62. The van der Waals surface area contributed by atoms with Gasteiger partial charge in [-0.15, -0.1) is 0 Å². The highest BCUT2D eigenvalue weighted by atomic mass is 14.2. The lowest BCUT2D eigenvalue weighted by molar-refractivity contribution is 0.987. The molecule has 0 radical (unpaired) electrons. The summed E-state index contributed by atoms with van der Waals surface area (Å²) in [5, 5.41) is 0. The molecule has 1 aromatic carbocycles. The largest absolute Gasteiger partial charge is 0.0767 e. The van der Waals surface area contributed by atoms with Gasteiger partial charge in [0.25, 0.3) is 0 Å². The third-order valence-electron chi connectivity index (χ3n) is 2.30. The van der Waals surface area contributed by atoms with Gasteiger partial charge in [-0.1, -0.05) is 42.8 Å². The highest BCUT2D eigenvalue weighted by Crippen LogP contribution is 2.29. The van der Waals surface area contributed by atoms with Gasteiger partial charge in [0, 0.05) is 0 Å². The van der Waals surface area contributed by atoms with Crippen LogP contribution < -0.4 is 0 Å². The number of allylic oxidation sites excluding steroid dienone is 1. The van der Waals surface area contributed by atoms with Crippen molar-refractivity contribution < 1.29 is 0 Å². The van der Waals surface area contributed by atoms with Crippen LogP contribution in [-0.4, -0.2) is 0 Å². The zero-order chi connectivity index (χ0) is 7.84. The summed E-state index contributed by atoms with van der Waals surface area (Å²) in [5.74, 6) is 0.616. The first-order valence-corrected chi connectivity index (χ1v) is 4.06. The number of rotatable bonds is 0. The van der Waals surface area contributed by atoms with Crippen molar-refractivity contribution >= 4 is 6.08 Å². The zero-order valence-corrected chi connectivity index (χ0v) is 6.96. The van der Waals surface area contributed by atoms with E-state index in [-0.39, 0.29) is 0 Å². The lowest BCUT2D eigenvalue weighted by Gasteiger charge is -2.04. The summed E-state index contributed by atoms with van der Waals surface area (Å²) >= 11 is 0. The minimum absolute atomic E-state index is 0.616. The minimum Gasteiger partial charge on any atom is -0.0767 e. The summed E-state index contributed by atoms with van der Waals surface area (Å²) in [4.78, 5) is 0. The summed E-state index contributed by atoms with van der Waals surface area (Å²) in [6, 6.07) is 6.64. The quantitative estimate of drug-likeness (QED) is 0.524. The molecule has 0 saturated heterocycles. The molecular weight excluding hydrogens is 132 g/mol. The number of hydrogen-bond acceptors (Lipinski definition) is 0. The summed E-state index contributed by atoms with van der Waals surface area (Å²) in [6.45, 7) is 4.38. The van der Waals surface area contributed by atoms with Crippen LogP contribution in [0.2, 0.25) is 0 Å². The monoisotopic (exact) mass is 144 g/mol. The maximum Gasteiger partial charge on any atom is -0.000108 e. The Morgan fingerprint density at radius 3 is 2.91 bits per heavy atom. The first-order chi connectivity index (χ1) is 5.27. The van der Waals surface area contributed by atoms with Crippen molar-refractivity contribution in [1.82, 2.24) is 0 Å².